The smallest absolute Gasteiger partial charge is 0.166 e. The maximum Gasteiger partial charge on any atom is 0.166 e. The third kappa shape index (κ3) is 2.93. The summed E-state index contributed by atoms with van der Waals surface area (Å²) in [5.41, 5.74) is 2.71. The van der Waals surface area contributed by atoms with E-state index in [-0.39, 0.29) is 17.9 Å². The van der Waals surface area contributed by atoms with Crippen molar-refractivity contribution >= 4 is 5.57 Å². The summed E-state index contributed by atoms with van der Waals surface area (Å²) in [7, 11) is 0. The van der Waals surface area contributed by atoms with E-state index in [9.17, 15) is 10.2 Å². The lowest BCUT2D eigenvalue weighted by Gasteiger charge is -2.62. The molecule has 0 aromatic heterocycles. The third-order valence-corrected chi connectivity index (χ3v) is 9.60. The van der Waals surface area contributed by atoms with Gasteiger partial charge in [0.1, 0.15) is 17.6 Å². The number of rotatable bonds is 5. The highest BCUT2D eigenvalue weighted by molar-refractivity contribution is 5.81. The van der Waals surface area contributed by atoms with Crippen molar-refractivity contribution in [3.63, 3.8) is 0 Å². The van der Waals surface area contributed by atoms with E-state index in [2.05, 4.69) is 23.1 Å². The first-order valence-electron chi connectivity index (χ1n) is 13.6. The Balaban J connectivity index is 1.28. The van der Waals surface area contributed by atoms with Gasteiger partial charge in [0.25, 0.3) is 0 Å². The van der Waals surface area contributed by atoms with Crippen LogP contribution in [0.5, 0.6) is 23.0 Å². The minimum absolute atomic E-state index is 0.0459. The van der Waals surface area contributed by atoms with Crippen LogP contribution < -0.4 is 9.47 Å². The van der Waals surface area contributed by atoms with Crippen molar-refractivity contribution in [3.05, 3.63) is 89.5 Å². The van der Waals surface area contributed by atoms with Crippen LogP contribution in [0.3, 0.4) is 0 Å². The number of phenolic OH excluding ortho intramolecular Hbond substituents is 1. The molecule has 3 aromatic rings. The first-order valence-corrected chi connectivity index (χ1v) is 13.6. The fourth-order valence-corrected chi connectivity index (χ4v) is 7.77. The molecule has 8 rings (SSSR count). The summed E-state index contributed by atoms with van der Waals surface area (Å²) in [6.45, 7) is 2.01. The summed E-state index contributed by atoms with van der Waals surface area (Å²) in [6, 6.07) is 21.8. The summed E-state index contributed by atoms with van der Waals surface area (Å²) in [5, 5.41) is 23.6. The number of piperidine rings is 1. The average molecular weight is 494 g/mol. The number of likely N-dealkylation sites (tertiary alicyclic amines) is 1. The molecule has 5 heteroatoms. The van der Waals surface area contributed by atoms with Crippen molar-refractivity contribution in [2.45, 2.75) is 55.3 Å². The van der Waals surface area contributed by atoms with Gasteiger partial charge in [0.2, 0.25) is 0 Å². The van der Waals surface area contributed by atoms with Crippen LogP contribution in [0.4, 0.5) is 0 Å². The fraction of sp³-hybridized carbons (Fsp3) is 0.375. The van der Waals surface area contributed by atoms with Crippen molar-refractivity contribution in [1.82, 2.24) is 4.90 Å². The van der Waals surface area contributed by atoms with Crippen molar-refractivity contribution in [1.29, 1.82) is 0 Å². The predicted octanol–water partition coefficient (Wildman–Crippen LogP) is 5.44. The van der Waals surface area contributed by atoms with E-state index in [0.717, 1.165) is 60.0 Å². The number of hydrogen-bond donors (Lipinski definition) is 2. The molecule has 2 aliphatic heterocycles. The van der Waals surface area contributed by atoms with Crippen molar-refractivity contribution in [3.8, 4) is 23.0 Å². The van der Waals surface area contributed by atoms with Gasteiger partial charge in [0.15, 0.2) is 11.5 Å². The lowest BCUT2D eigenvalue weighted by Crippen LogP contribution is -2.75. The van der Waals surface area contributed by atoms with E-state index >= 15 is 0 Å². The molecule has 0 amide bonds. The zero-order valence-electron chi connectivity index (χ0n) is 20.8. The van der Waals surface area contributed by atoms with Crippen LogP contribution in [0.15, 0.2) is 72.8 Å². The van der Waals surface area contributed by atoms with Gasteiger partial charge >= 0.3 is 0 Å². The van der Waals surface area contributed by atoms with Gasteiger partial charge < -0.3 is 19.7 Å². The molecule has 1 spiro atoms. The molecule has 1 saturated carbocycles. The largest absolute Gasteiger partial charge is 0.504 e. The lowest BCUT2D eigenvalue weighted by atomic mass is 9.49. The second-order valence-electron chi connectivity index (χ2n) is 11.5. The van der Waals surface area contributed by atoms with E-state index < -0.39 is 11.0 Å². The van der Waals surface area contributed by atoms with Gasteiger partial charge in [0, 0.05) is 29.3 Å². The molecular weight excluding hydrogens is 462 g/mol. The maximum absolute atomic E-state index is 12.7. The highest BCUT2D eigenvalue weighted by Gasteiger charge is 2.71. The number of hydrogen-bond acceptors (Lipinski definition) is 5. The van der Waals surface area contributed by atoms with E-state index in [0.29, 0.717) is 12.2 Å². The number of nitrogens with zero attached hydrogens (tertiary/aromatic N) is 1. The van der Waals surface area contributed by atoms with Crippen LogP contribution >= 0.6 is 0 Å². The van der Waals surface area contributed by atoms with Gasteiger partial charge in [-0.25, -0.2) is 0 Å². The molecule has 188 valence electrons. The summed E-state index contributed by atoms with van der Waals surface area (Å²) in [5.74, 6) is 3.04. The summed E-state index contributed by atoms with van der Waals surface area (Å²) in [6.07, 6.45) is 6.55. The molecule has 3 aromatic carbocycles. The highest BCUT2D eigenvalue weighted by atomic mass is 16.5. The van der Waals surface area contributed by atoms with E-state index in [1.165, 1.54) is 18.4 Å². The minimum Gasteiger partial charge on any atom is -0.504 e. The normalized spacial score (nSPS) is 31.3. The molecule has 5 aliphatic rings. The van der Waals surface area contributed by atoms with Gasteiger partial charge in [-0.2, -0.15) is 0 Å². The molecule has 5 nitrogen and oxygen atoms in total. The van der Waals surface area contributed by atoms with Crippen molar-refractivity contribution in [2.24, 2.45) is 5.92 Å². The summed E-state index contributed by atoms with van der Waals surface area (Å²) >= 11 is 0. The Bertz CT molecular complexity index is 1430. The first-order chi connectivity index (χ1) is 18.1. The van der Waals surface area contributed by atoms with Gasteiger partial charge in [-0.3, -0.25) is 4.90 Å². The van der Waals surface area contributed by atoms with Crippen LogP contribution in [0.25, 0.3) is 5.57 Å². The Hall–Kier alpha value is -3.28. The van der Waals surface area contributed by atoms with Crippen LogP contribution in [0.1, 0.15) is 42.4 Å². The van der Waals surface area contributed by atoms with Gasteiger partial charge in [0.05, 0.1) is 11.0 Å². The summed E-state index contributed by atoms with van der Waals surface area (Å²) < 4.78 is 13.1. The molecule has 2 heterocycles. The maximum atomic E-state index is 12.7. The molecule has 3 aliphatic carbocycles. The molecule has 0 unspecified atom stereocenters. The van der Waals surface area contributed by atoms with Crippen molar-refractivity contribution < 1.29 is 19.7 Å². The quantitative estimate of drug-likeness (QED) is 0.496. The molecule has 2 N–H and O–H groups in total. The molecule has 4 atom stereocenters. The monoisotopic (exact) mass is 493 g/mol. The van der Waals surface area contributed by atoms with Gasteiger partial charge in [-0.05, 0) is 74.4 Å². The fourth-order valence-electron chi connectivity index (χ4n) is 7.77. The number of aromatic hydroxyl groups is 1. The Morgan fingerprint density at radius 1 is 1.00 bits per heavy atom. The van der Waals surface area contributed by atoms with E-state index in [1.54, 1.807) is 6.07 Å². The molecule has 2 fully saturated rings. The highest BCUT2D eigenvalue weighted by Crippen LogP contribution is 2.66. The number of ether oxygens (including phenoxy) is 2. The van der Waals surface area contributed by atoms with Crippen LogP contribution in [0, 0.1) is 5.92 Å². The second-order valence-corrected chi connectivity index (χ2v) is 11.5. The standard InChI is InChI=1S/C32H31NO4/c34-25-13-12-21-18-27-32(35)15-14-24(23-8-4-5-9-26(23)36-22-6-2-1-3-7-22)30-31(32,28(21)29(25)37-30)16-17-33(27)19-20-10-11-20/h1-9,12-14,20,27,30,34-35H,10-11,15-19H2/t27-,30+,31+,32-/m1/s1. The van der Waals surface area contributed by atoms with Gasteiger partial charge in [-0.1, -0.05) is 48.5 Å². The Morgan fingerprint density at radius 2 is 1.81 bits per heavy atom. The van der Waals surface area contributed by atoms with Crippen molar-refractivity contribution in [2.75, 3.05) is 13.1 Å². The Morgan fingerprint density at radius 3 is 2.65 bits per heavy atom. The molecular formula is C32H31NO4. The number of para-hydroxylation sites is 2. The second kappa shape index (κ2) is 7.62. The third-order valence-electron chi connectivity index (χ3n) is 9.60. The van der Waals surface area contributed by atoms with Crippen LogP contribution in [-0.4, -0.2) is 45.9 Å². The van der Waals surface area contributed by atoms with Gasteiger partial charge in [-0.15, -0.1) is 0 Å². The Labute approximate surface area is 217 Å². The minimum atomic E-state index is -0.949. The first kappa shape index (κ1) is 21.8. The SMILES string of the molecule is Oc1ccc2c3c1O[C@H]1C(c4ccccc4Oc4ccccc4)=CC[C@@]4(O)[C@@H](C2)N(CC2CC2)CC[C@]314. The molecule has 0 radical (unpaired) electrons. The number of aliphatic hydroxyl groups is 1. The number of benzene rings is 3. The topological polar surface area (TPSA) is 62.2 Å². The van der Waals surface area contributed by atoms with E-state index in [1.807, 2.05) is 48.5 Å². The predicted molar refractivity (Wildman–Crippen MR) is 141 cm³/mol. The summed E-state index contributed by atoms with van der Waals surface area (Å²) in [4.78, 5) is 2.55. The van der Waals surface area contributed by atoms with Crippen LogP contribution in [0.2, 0.25) is 0 Å². The average Bonchev–Trinajstić information content (AvgIpc) is 3.65. The molecule has 2 bridgehead atoms. The zero-order valence-corrected chi connectivity index (χ0v) is 20.8. The molecule has 37 heavy (non-hydrogen) atoms. The zero-order chi connectivity index (χ0) is 24.8. The molecule has 1 saturated heterocycles. The Kier molecular flexibility index (Phi) is 4.49. The number of phenols is 1. The van der Waals surface area contributed by atoms with Crippen LogP contribution in [-0.2, 0) is 11.8 Å². The van der Waals surface area contributed by atoms with E-state index in [4.69, 9.17) is 9.47 Å². The lowest BCUT2D eigenvalue weighted by molar-refractivity contribution is -0.159.